The lowest BCUT2D eigenvalue weighted by atomic mass is 10.3. The first kappa shape index (κ1) is 13.9. The summed E-state index contributed by atoms with van der Waals surface area (Å²) >= 11 is 12.0. The number of halogens is 2. The van der Waals surface area contributed by atoms with Crippen molar-refractivity contribution in [2.45, 2.75) is 13.8 Å². The van der Waals surface area contributed by atoms with E-state index < -0.39 is 0 Å². The number of ether oxygens (including phenoxy) is 1. The lowest BCUT2D eigenvalue weighted by molar-refractivity contribution is 0.456. The molecule has 0 bridgehead atoms. The van der Waals surface area contributed by atoms with Crippen LogP contribution in [0, 0.1) is 13.8 Å². The minimum absolute atomic E-state index is 0.379. The van der Waals surface area contributed by atoms with Crippen LogP contribution in [0.4, 0.5) is 5.82 Å². The van der Waals surface area contributed by atoms with Gasteiger partial charge in [-0.3, -0.25) is 0 Å². The van der Waals surface area contributed by atoms with E-state index in [0.29, 0.717) is 38.9 Å². The van der Waals surface area contributed by atoms with Gasteiger partial charge in [0.25, 0.3) is 0 Å². The summed E-state index contributed by atoms with van der Waals surface area (Å²) in [7, 11) is 0. The van der Waals surface area contributed by atoms with Crippen LogP contribution in [0.3, 0.4) is 0 Å². The topological polar surface area (TPSA) is 73.1 Å². The molecule has 1 heterocycles. The van der Waals surface area contributed by atoms with E-state index >= 15 is 0 Å². The summed E-state index contributed by atoms with van der Waals surface area (Å²) in [5, 5.41) is 0.974. The standard InChI is InChI=1S/C12H12Cl2N4O/c1-6-11(18-15)16-7(2)17-12(6)19-10-5-8(13)3-4-9(10)14/h3-5H,15H2,1-2H3,(H,16,17,18). The second-order valence-electron chi connectivity index (χ2n) is 3.87. The zero-order chi connectivity index (χ0) is 14.0. The Morgan fingerprint density at radius 2 is 1.95 bits per heavy atom. The predicted octanol–water partition coefficient (Wildman–Crippen LogP) is 3.48. The second-order valence-corrected chi connectivity index (χ2v) is 4.71. The molecule has 3 N–H and O–H groups in total. The van der Waals surface area contributed by atoms with E-state index in [9.17, 15) is 0 Å². The van der Waals surface area contributed by atoms with Gasteiger partial charge in [-0.15, -0.1) is 0 Å². The average molecular weight is 299 g/mol. The Balaban J connectivity index is 2.43. The summed E-state index contributed by atoms with van der Waals surface area (Å²) in [6.45, 7) is 3.54. The quantitative estimate of drug-likeness (QED) is 0.670. The van der Waals surface area contributed by atoms with Crippen LogP contribution < -0.4 is 16.0 Å². The van der Waals surface area contributed by atoms with Gasteiger partial charge in [-0.25, -0.2) is 10.8 Å². The molecule has 19 heavy (non-hydrogen) atoms. The highest BCUT2D eigenvalue weighted by molar-refractivity contribution is 6.34. The molecule has 0 spiro atoms. The Hall–Kier alpha value is -1.56. The van der Waals surface area contributed by atoms with E-state index in [1.807, 2.05) is 0 Å². The molecule has 0 aliphatic rings. The van der Waals surface area contributed by atoms with Crippen molar-refractivity contribution in [2.75, 3.05) is 5.43 Å². The number of rotatable bonds is 3. The van der Waals surface area contributed by atoms with Gasteiger partial charge in [0.05, 0.1) is 10.6 Å². The lowest BCUT2D eigenvalue weighted by Crippen LogP contribution is -2.12. The molecule has 0 aliphatic heterocycles. The number of nitrogen functional groups attached to an aromatic ring is 1. The van der Waals surface area contributed by atoms with Crippen molar-refractivity contribution in [1.82, 2.24) is 9.97 Å². The molecule has 7 heteroatoms. The van der Waals surface area contributed by atoms with Crippen LogP contribution in [-0.4, -0.2) is 9.97 Å². The summed E-state index contributed by atoms with van der Waals surface area (Å²) in [5.74, 6) is 7.24. The van der Waals surface area contributed by atoms with Crippen molar-refractivity contribution in [2.24, 2.45) is 5.84 Å². The highest BCUT2D eigenvalue weighted by Gasteiger charge is 2.12. The third-order valence-electron chi connectivity index (χ3n) is 2.45. The van der Waals surface area contributed by atoms with E-state index in [1.54, 1.807) is 32.0 Å². The van der Waals surface area contributed by atoms with Crippen LogP contribution in [-0.2, 0) is 0 Å². The molecule has 1 aromatic carbocycles. The zero-order valence-corrected chi connectivity index (χ0v) is 11.9. The molecule has 0 amide bonds. The lowest BCUT2D eigenvalue weighted by Gasteiger charge is -2.12. The van der Waals surface area contributed by atoms with Crippen molar-refractivity contribution >= 4 is 29.0 Å². The molecule has 0 aliphatic carbocycles. The molecular formula is C12H12Cl2N4O. The number of aryl methyl sites for hydroxylation is 1. The van der Waals surface area contributed by atoms with Gasteiger partial charge in [-0.1, -0.05) is 23.2 Å². The fraction of sp³-hybridized carbons (Fsp3) is 0.167. The van der Waals surface area contributed by atoms with Crippen LogP contribution in [0.1, 0.15) is 11.4 Å². The molecular weight excluding hydrogens is 287 g/mol. The van der Waals surface area contributed by atoms with Gasteiger partial charge in [0.15, 0.2) is 0 Å². The van der Waals surface area contributed by atoms with E-state index in [4.69, 9.17) is 33.8 Å². The highest BCUT2D eigenvalue weighted by Crippen LogP contribution is 2.33. The van der Waals surface area contributed by atoms with Gasteiger partial charge in [0, 0.05) is 11.1 Å². The molecule has 0 radical (unpaired) electrons. The summed E-state index contributed by atoms with van der Waals surface area (Å²) in [5.41, 5.74) is 3.18. The first-order chi connectivity index (χ1) is 9.01. The molecule has 0 saturated carbocycles. The maximum atomic E-state index is 6.04. The smallest absolute Gasteiger partial charge is 0.227 e. The number of nitrogens with zero attached hydrogens (tertiary/aromatic N) is 2. The summed E-state index contributed by atoms with van der Waals surface area (Å²) < 4.78 is 5.68. The third kappa shape index (κ3) is 3.07. The normalized spacial score (nSPS) is 10.4. The van der Waals surface area contributed by atoms with E-state index in [2.05, 4.69) is 15.4 Å². The fourth-order valence-corrected chi connectivity index (χ4v) is 1.82. The Bertz CT molecular complexity index is 619. The van der Waals surface area contributed by atoms with E-state index in [0.717, 1.165) is 0 Å². The first-order valence-electron chi connectivity index (χ1n) is 5.46. The Kier molecular flexibility index (Phi) is 4.09. The van der Waals surface area contributed by atoms with E-state index in [1.165, 1.54) is 0 Å². The second kappa shape index (κ2) is 5.61. The number of hydrazine groups is 1. The zero-order valence-electron chi connectivity index (χ0n) is 10.4. The van der Waals surface area contributed by atoms with Gasteiger partial charge in [-0.05, 0) is 26.0 Å². The van der Waals surface area contributed by atoms with Gasteiger partial charge >= 0.3 is 0 Å². The number of nitrogens with one attached hydrogen (secondary N) is 1. The SMILES string of the molecule is Cc1nc(NN)c(C)c(Oc2cc(Cl)ccc2Cl)n1. The molecule has 0 unspecified atom stereocenters. The van der Waals surface area contributed by atoms with Crippen LogP contribution >= 0.6 is 23.2 Å². The number of hydrogen-bond donors (Lipinski definition) is 2. The Morgan fingerprint density at radius 1 is 1.21 bits per heavy atom. The minimum atomic E-state index is 0.379. The number of hydrogen-bond acceptors (Lipinski definition) is 5. The molecule has 0 saturated heterocycles. The molecule has 100 valence electrons. The van der Waals surface area contributed by atoms with Crippen molar-refractivity contribution in [3.05, 3.63) is 39.6 Å². The minimum Gasteiger partial charge on any atom is -0.437 e. The number of benzene rings is 1. The van der Waals surface area contributed by atoms with Crippen molar-refractivity contribution in [3.8, 4) is 11.6 Å². The summed E-state index contributed by atoms with van der Waals surface area (Å²) in [6.07, 6.45) is 0. The van der Waals surface area contributed by atoms with Crippen molar-refractivity contribution < 1.29 is 4.74 Å². The fourth-order valence-electron chi connectivity index (χ4n) is 1.50. The monoisotopic (exact) mass is 298 g/mol. The van der Waals surface area contributed by atoms with E-state index in [-0.39, 0.29) is 0 Å². The maximum absolute atomic E-state index is 6.04. The molecule has 0 atom stereocenters. The molecule has 2 aromatic rings. The predicted molar refractivity (Wildman–Crippen MR) is 75.9 cm³/mol. The Labute approximate surface area is 120 Å². The molecule has 2 rings (SSSR count). The highest BCUT2D eigenvalue weighted by atomic mass is 35.5. The summed E-state index contributed by atoms with van der Waals surface area (Å²) in [4.78, 5) is 8.36. The Morgan fingerprint density at radius 3 is 2.63 bits per heavy atom. The third-order valence-corrected chi connectivity index (χ3v) is 3.00. The largest absolute Gasteiger partial charge is 0.437 e. The molecule has 5 nitrogen and oxygen atoms in total. The average Bonchev–Trinajstić information content (AvgIpc) is 2.37. The number of nitrogens with two attached hydrogens (primary N) is 1. The van der Waals surface area contributed by atoms with Gasteiger partial charge in [-0.2, -0.15) is 4.98 Å². The van der Waals surface area contributed by atoms with Gasteiger partial charge < -0.3 is 10.2 Å². The summed E-state index contributed by atoms with van der Waals surface area (Å²) in [6, 6.07) is 4.96. The van der Waals surface area contributed by atoms with Crippen molar-refractivity contribution in [3.63, 3.8) is 0 Å². The molecule has 0 fully saturated rings. The van der Waals surface area contributed by atoms with Crippen LogP contribution in [0.25, 0.3) is 0 Å². The van der Waals surface area contributed by atoms with Crippen molar-refractivity contribution in [1.29, 1.82) is 0 Å². The van der Waals surface area contributed by atoms with Gasteiger partial charge in [0.2, 0.25) is 5.88 Å². The number of anilines is 1. The maximum Gasteiger partial charge on any atom is 0.227 e. The van der Waals surface area contributed by atoms with Crippen LogP contribution in [0.5, 0.6) is 11.6 Å². The molecule has 1 aromatic heterocycles. The van der Waals surface area contributed by atoms with Crippen LogP contribution in [0.15, 0.2) is 18.2 Å². The van der Waals surface area contributed by atoms with Gasteiger partial charge in [0.1, 0.15) is 17.4 Å². The first-order valence-corrected chi connectivity index (χ1v) is 6.21. The number of aromatic nitrogens is 2. The van der Waals surface area contributed by atoms with Crippen LogP contribution in [0.2, 0.25) is 10.0 Å².